The molecule has 1 aliphatic rings. The topological polar surface area (TPSA) is 84.2 Å². The van der Waals surface area contributed by atoms with Gasteiger partial charge in [-0.05, 0) is 33.7 Å². The van der Waals surface area contributed by atoms with Crippen LogP contribution in [0.5, 0.6) is 0 Å². The number of rotatable bonds is 6. The maximum atomic E-state index is 12.2. The van der Waals surface area contributed by atoms with Crippen LogP contribution in [-0.4, -0.2) is 29.9 Å². The van der Waals surface area contributed by atoms with Crippen molar-refractivity contribution in [2.45, 2.75) is 69.9 Å². The van der Waals surface area contributed by atoms with E-state index in [2.05, 4.69) is 10.6 Å². The van der Waals surface area contributed by atoms with Crippen molar-refractivity contribution < 1.29 is 9.59 Å². The van der Waals surface area contributed by atoms with Crippen LogP contribution in [0.2, 0.25) is 0 Å². The zero-order valence-electron chi connectivity index (χ0n) is 12.3. The molecule has 5 heteroatoms. The predicted octanol–water partition coefficient (Wildman–Crippen LogP) is 1.07. The summed E-state index contributed by atoms with van der Waals surface area (Å²) in [5.41, 5.74) is 4.53. The Balaban J connectivity index is 2.55. The Morgan fingerprint density at radius 3 is 2.26 bits per heavy atom. The van der Waals surface area contributed by atoms with E-state index in [1.165, 1.54) is 19.3 Å². The number of nitrogens with one attached hydrogen (secondary N) is 2. The maximum Gasteiger partial charge on any atom is 0.222 e. The van der Waals surface area contributed by atoms with Crippen molar-refractivity contribution in [3.63, 3.8) is 0 Å². The number of amides is 2. The molecule has 5 nitrogen and oxygen atoms in total. The Labute approximate surface area is 115 Å². The van der Waals surface area contributed by atoms with Crippen LogP contribution in [0.3, 0.4) is 0 Å². The third-order valence-electron chi connectivity index (χ3n) is 3.93. The van der Waals surface area contributed by atoms with E-state index in [-0.39, 0.29) is 17.9 Å². The highest BCUT2D eigenvalue weighted by atomic mass is 16.2. The lowest BCUT2D eigenvalue weighted by molar-refractivity contribution is -0.125. The first kappa shape index (κ1) is 16.0. The summed E-state index contributed by atoms with van der Waals surface area (Å²) in [6.07, 6.45) is 6.27. The lowest BCUT2D eigenvalue weighted by Gasteiger charge is -2.37. The minimum Gasteiger partial charge on any atom is -0.370 e. The normalized spacial score (nSPS) is 18.9. The highest BCUT2D eigenvalue weighted by Gasteiger charge is 2.34. The first-order valence-electron chi connectivity index (χ1n) is 7.07. The molecule has 110 valence electrons. The van der Waals surface area contributed by atoms with Crippen molar-refractivity contribution in [2.24, 2.45) is 5.73 Å². The average Bonchev–Trinajstić information content (AvgIpc) is 2.27. The second kappa shape index (κ2) is 6.37. The third-order valence-corrected chi connectivity index (χ3v) is 3.93. The quantitative estimate of drug-likeness (QED) is 0.674. The summed E-state index contributed by atoms with van der Waals surface area (Å²) in [7, 11) is 1.92. The molecule has 0 aliphatic heterocycles. The Morgan fingerprint density at radius 1 is 1.21 bits per heavy atom. The van der Waals surface area contributed by atoms with Crippen molar-refractivity contribution in [1.82, 2.24) is 10.6 Å². The van der Waals surface area contributed by atoms with Crippen LogP contribution < -0.4 is 16.4 Å². The van der Waals surface area contributed by atoms with E-state index < -0.39 is 11.4 Å². The number of carbonyl (C=O) groups is 2. The minimum absolute atomic E-state index is 0.0116. The van der Waals surface area contributed by atoms with Gasteiger partial charge in [0, 0.05) is 23.9 Å². The monoisotopic (exact) mass is 269 g/mol. The van der Waals surface area contributed by atoms with Crippen LogP contribution >= 0.6 is 0 Å². The lowest BCUT2D eigenvalue weighted by Crippen LogP contribution is -2.52. The molecule has 4 N–H and O–H groups in total. The van der Waals surface area contributed by atoms with Gasteiger partial charge in [0.1, 0.15) is 0 Å². The van der Waals surface area contributed by atoms with Gasteiger partial charge in [-0.2, -0.15) is 0 Å². The number of nitrogens with two attached hydrogens (primary N) is 1. The van der Waals surface area contributed by atoms with E-state index in [9.17, 15) is 9.59 Å². The standard InChI is InChI=1S/C14H27N3O2/c1-13(2,9-11(15)18)17-12(19)10-14(16-3)7-5-4-6-8-14/h16H,4-10H2,1-3H3,(H2,15,18)(H,17,19). The van der Waals surface area contributed by atoms with Gasteiger partial charge >= 0.3 is 0 Å². The van der Waals surface area contributed by atoms with Crippen LogP contribution in [-0.2, 0) is 9.59 Å². The highest BCUT2D eigenvalue weighted by molar-refractivity contribution is 5.80. The van der Waals surface area contributed by atoms with Gasteiger partial charge in [0.25, 0.3) is 0 Å². The number of primary amides is 1. The Bertz CT molecular complexity index is 334. The summed E-state index contributed by atoms with van der Waals surface area (Å²) in [5, 5.41) is 6.24. The van der Waals surface area contributed by atoms with Gasteiger partial charge in [-0.15, -0.1) is 0 Å². The molecule has 0 atom stereocenters. The SMILES string of the molecule is CNC1(CC(=O)NC(C)(C)CC(N)=O)CCCCC1. The van der Waals surface area contributed by atoms with Crippen LogP contribution in [0.4, 0.5) is 0 Å². The van der Waals surface area contributed by atoms with Crippen molar-refractivity contribution in [1.29, 1.82) is 0 Å². The van der Waals surface area contributed by atoms with Crippen LogP contribution in [0, 0.1) is 0 Å². The van der Waals surface area contributed by atoms with Gasteiger partial charge in [0.2, 0.25) is 11.8 Å². The summed E-state index contributed by atoms with van der Waals surface area (Å²) in [4.78, 5) is 23.1. The summed E-state index contributed by atoms with van der Waals surface area (Å²) in [5.74, 6) is -0.409. The molecule has 2 amide bonds. The van der Waals surface area contributed by atoms with Crippen LogP contribution in [0.1, 0.15) is 58.8 Å². The summed E-state index contributed by atoms with van der Waals surface area (Å²) < 4.78 is 0. The van der Waals surface area contributed by atoms with E-state index in [0.29, 0.717) is 6.42 Å². The van der Waals surface area contributed by atoms with Crippen molar-refractivity contribution >= 4 is 11.8 Å². The fraction of sp³-hybridized carbons (Fsp3) is 0.857. The van der Waals surface area contributed by atoms with Gasteiger partial charge in [0.15, 0.2) is 0 Å². The van der Waals surface area contributed by atoms with Crippen molar-refractivity contribution in [3.05, 3.63) is 0 Å². The number of carbonyl (C=O) groups excluding carboxylic acids is 2. The van der Waals surface area contributed by atoms with E-state index in [1.807, 2.05) is 20.9 Å². The van der Waals surface area contributed by atoms with E-state index in [1.54, 1.807) is 0 Å². The zero-order chi connectivity index (χ0) is 14.5. The lowest BCUT2D eigenvalue weighted by atomic mass is 9.79. The number of hydrogen-bond acceptors (Lipinski definition) is 3. The molecule has 1 aliphatic carbocycles. The Morgan fingerprint density at radius 2 is 1.79 bits per heavy atom. The molecule has 0 bridgehead atoms. The highest BCUT2D eigenvalue weighted by Crippen LogP contribution is 2.30. The van der Waals surface area contributed by atoms with Crippen molar-refractivity contribution in [2.75, 3.05) is 7.05 Å². The fourth-order valence-corrected chi connectivity index (χ4v) is 2.95. The predicted molar refractivity (Wildman–Crippen MR) is 75.5 cm³/mol. The summed E-state index contributed by atoms with van der Waals surface area (Å²) in [6.45, 7) is 3.64. The molecular weight excluding hydrogens is 242 g/mol. The average molecular weight is 269 g/mol. The molecule has 0 radical (unpaired) electrons. The molecule has 0 aromatic carbocycles. The molecule has 0 aromatic heterocycles. The smallest absolute Gasteiger partial charge is 0.222 e. The van der Waals surface area contributed by atoms with Crippen LogP contribution in [0.15, 0.2) is 0 Å². The molecule has 1 fully saturated rings. The van der Waals surface area contributed by atoms with Crippen LogP contribution in [0.25, 0.3) is 0 Å². The summed E-state index contributed by atoms with van der Waals surface area (Å²) in [6, 6.07) is 0. The maximum absolute atomic E-state index is 12.2. The van der Waals surface area contributed by atoms with Gasteiger partial charge in [-0.25, -0.2) is 0 Å². The molecule has 0 spiro atoms. The Kier molecular flexibility index (Phi) is 5.35. The number of hydrogen-bond donors (Lipinski definition) is 3. The Hall–Kier alpha value is -1.10. The molecule has 0 aromatic rings. The van der Waals surface area contributed by atoms with E-state index in [4.69, 9.17) is 5.73 Å². The first-order valence-corrected chi connectivity index (χ1v) is 7.07. The second-order valence-electron chi connectivity index (χ2n) is 6.34. The molecule has 0 heterocycles. The molecule has 1 rings (SSSR count). The second-order valence-corrected chi connectivity index (χ2v) is 6.34. The summed E-state index contributed by atoms with van der Waals surface area (Å²) >= 11 is 0. The zero-order valence-corrected chi connectivity index (χ0v) is 12.3. The molecule has 0 saturated heterocycles. The van der Waals surface area contributed by atoms with Gasteiger partial charge in [-0.3, -0.25) is 9.59 Å². The van der Waals surface area contributed by atoms with E-state index in [0.717, 1.165) is 12.8 Å². The fourth-order valence-electron chi connectivity index (χ4n) is 2.95. The molecular formula is C14H27N3O2. The van der Waals surface area contributed by atoms with Gasteiger partial charge < -0.3 is 16.4 Å². The van der Waals surface area contributed by atoms with Gasteiger partial charge in [0.05, 0.1) is 0 Å². The third kappa shape index (κ3) is 5.19. The van der Waals surface area contributed by atoms with Crippen molar-refractivity contribution in [3.8, 4) is 0 Å². The minimum atomic E-state index is -0.577. The molecule has 0 unspecified atom stereocenters. The van der Waals surface area contributed by atoms with Gasteiger partial charge in [-0.1, -0.05) is 19.3 Å². The first-order chi connectivity index (χ1) is 8.79. The molecule has 19 heavy (non-hydrogen) atoms. The largest absolute Gasteiger partial charge is 0.370 e. The molecule has 1 saturated carbocycles. The van der Waals surface area contributed by atoms with E-state index >= 15 is 0 Å².